The van der Waals surface area contributed by atoms with Crippen molar-refractivity contribution in [3.63, 3.8) is 0 Å². The molecule has 0 heterocycles. The van der Waals surface area contributed by atoms with Gasteiger partial charge in [0, 0.05) is 6.42 Å². The molecule has 0 aromatic carbocycles. The van der Waals surface area contributed by atoms with Crippen molar-refractivity contribution in [1.82, 2.24) is 0 Å². The Balaban J connectivity index is 4.66. The molecule has 18 heavy (non-hydrogen) atoms. The number of rotatable bonds is 11. The van der Waals surface area contributed by atoms with Gasteiger partial charge in [-0.25, -0.2) is 0 Å². The van der Waals surface area contributed by atoms with Crippen LogP contribution in [0.4, 0.5) is 0 Å². The van der Waals surface area contributed by atoms with Crippen LogP contribution in [0, 0.1) is 0 Å². The molecular weight excluding hydrogens is 236 g/mol. The maximum atomic E-state index is 11.5. The first-order valence-corrected chi connectivity index (χ1v) is 6.77. The summed E-state index contributed by atoms with van der Waals surface area (Å²) in [5.41, 5.74) is 0. The molecule has 0 unspecified atom stereocenters. The van der Waals surface area contributed by atoms with Crippen molar-refractivity contribution in [3.05, 3.63) is 0 Å². The zero-order valence-electron chi connectivity index (χ0n) is 12.0. The molecule has 0 radical (unpaired) electrons. The summed E-state index contributed by atoms with van der Waals surface area (Å²) in [5, 5.41) is 0. The Kier molecular flexibility index (Phi) is 9.92. The maximum absolute atomic E-state index is 11.5. The largest absolute Gasteiger partial charge is 0.463 e. The molecule has 0 spiro atoms. The predicted molar refractivity (Wildman–Crippen MR) is 67.8 cm³/mol. The molecule has 0 aliphatic carbocycles. The molecular formula is C13H26O5. The zero-order chi connectivity index (χ0) is 13.9. The lowest BCUT2D eigenvalue weighted by Gasteiger charge is -2.31. The third-order valence-corrected chi connectivity index (χ3v) is 1.98. The van der Waals surface area contributed by atoms with Crippen LogP contribution in [0.15, 0.2) is 0 Å². The van der Waals surface area contributed by atoms with Gasteiger partial charge in [-0.15, -0.1) is 0 Å². The van der Waals surface area contributed by atoms with Gasteiger partial charge in [0.15, 0.2) is 0 Å². The third-order valence-electron chi connectivity index (χ3n) is 1.98. The highest BCUT2D eigenvalue weighted by Gasteiger charge is 2.38. The maximum Gasteiger partial charge on any atom is 0.463 e. The summed E-state index contributed by atoms with van der Waals surface area (Å²) in [7, 11) is 0. The van der Waals surface area contributed by atoms with Gasteiger partial charge in [0.25, 0.3) is 0 Å². The van der Waals surface area contributed by atoms with Gasteiger partial charge in [-0.3, -0.25) is 19.0 Å². The highest BCUT2D eigenvalue weighted by molar-refractivity contribution is 5.69. The first kappa shape index (κ1) is 17.4. The van der Waals surface area contributed by atoms with Gasteiger partial charge < -0.3 is 4.74 Å². The van der Waals surface area contributed by atoms with E-state index in [0.717, 1.165) is 19.3 Å². The number of ether oxygens (including phenoxy) is 4. The lowest BCUT2D eigenvalue weighted by molar-refractivity contribution is -0.482. The summed E-state index contributed by atoms with van der Waals surface area (Å²) in [6.07, 6.45) is 0.945. The summed E-state index contributed by atoms with van der Waals surface area (Å²) in [4.78, 5) is 11.5. The van der Waals surface area contributed by atoms with Crippen LogP contribution < -0.4 is 0 Å². The minimum absolute atomic E-state index is 0.252. The molecule has 0 aromatic rings. The molecule has 0 saturated carbocycles. The fraction of sp³-hybridized carbons (Fsp3) is 0.923. The number of hydrogen-bond acceptors (Lipinski definition) is 5. The summed E-state index contributed by atoms with van der Waals surface area (Å²) in [6.45, 7) is 8.83. The van der Waals surface area contributed by atoms with Gasteiger partial charge in [-0.1, -0.05) is 27.7 Å². The van der Waals surface area contributed by atoms with Crippen LogP contribution in [-0.4, -0.2) is 31.9 Å². The van der Waals surface area contributed by atoms with Crippen LogP contribution in [0.5, 0.6) is 0 Å². The quantitative estimate of drug-likeness (QED) is 0.423. The van der Waals surface area contributed by atoms with E-state index >= 15 is 0 Å². The molecule has 5 heteroatoms. The smallest absolute Gasteiger partial charge is 0.384 e. The molecule has 0 fully saturated rings. The number of hydrogen-bond donors (Lipinski definition) is 0. The highest BCUT2D eigenvalue weighted by atomic mass is 17.0. The molecule has 5 nitrogen and oxygen atoms in total. The molecule has 0 bridgehead atoms. The first-order chi connectivity index (χ1) is 8.64. The molecule has 0 rings (SSSR count). The van der Waals surface area contributed by atoms with Gasteiger partial charge in [-0.05, 0) is 19.3 Å². The summed E-state index contributed by atoms with van der Waals surface area (Å²) in [6, 6.07) is 0. The van der Waals surface area contributed by atoms with Gasteiger partial charge in [0.05, 0.1) is 19.8 Å². The fourth-order valence-corrected chi connectivity index (χ4v) is 1.11. The minimum Gasteiger partial charge on any atom is -0.384 e. The normalized spacial score (nSPS) is 11.6. The average Bonchev–Trinajstić information content (AvgIpc) is 2.40. The Hall–Kier alpha value is -0.650. The topological polar surface area (TPSA) is 54.0 Å². The van der Waals surface area contributed by atoms with E-state index in [1.54, 1.807) is 6.92 Å². The first-order valence-electron chi connectivity index (χ1n) is 6.77. The molecule has 0 atom stereocenters. The van der Waals surface area contributed by atoms with E-state index < -0.39 is 12.1 Å². The number of carbonyl (C=O) groups is 1. The lowest BCUT2D eigenvalue weighted by atomic mass is 10.5. The van der Waals surface area contributed by atoms with Gasteiger partial charge in [0.1, 0.15) is 0 Å². The van der Waals surface area contributed by atoms with Gasteiger partial charge in [0.2, 0.25) is 0 Å². The Morgan fingerprint density at radius 3 is 1.50 bits per heavy atom. The van der Waals surface area contributed by atoms with Crippen molar-refractivity contribution < 1.29 is 23.7 Å². The average molecular weight is 262 g/mol. The molecule has 108 valence electrons. The Labute approximate surface area is 110 Å². The second-order valence-electron chi connectivity index (χ2n) is 3.87. The van der Waals surface area contributed by atoms with Crippen molar-refractivity contribution in [2.24, 2.45) is 0 Å². The lowest BCUT2D eigenvalue weighted by Crippen LogP contribution is -2.44. The Morgan fingerprint density at radius 1 is 0.833 bits per heavy atom. The van der Waals surface area contributed by atoms with E-state index in [1.165, 1.54) is 0 Å². The summed E-state index contributed by atoms with van der Waals surface area (Å²) < 4.78 is 21.6. The van der Waals surface area contributed by atoms with E-state index in [4.69, 9.17) is 18.9 Å². The van der Waals surface area contributed by atoms with Gasteiger partial charge in [-0.2, -0.15) is 0 Å². The third kappa shape index (κ3) is 6.93. The van der Waals surface area contributed by atoms with E-state index in [1.807, 2.05) is 20.8 Å². The highest BCUT2D eigenvalue weighted by Crippen LogP contribution is 2.20. The monoisotopic (exact) mass is 262 g/mol. The van der Waals surface area contributed by atoms with E-state index in [2.05, 4.69) is 0 Å². The Bertz CT molecular complexity index is 196. The zero-order valence-corrected chi connectivity index (χ0v) is 12.0. The Morgan fingerprint density at radius 2 is 1.22 bits per heavy atom. The standard InChI is InChI=1S/C13H26O5/c1-5-9-15-13(16-10-6-2,17-11-7-3)18-12(14)8-4/h5-11H2,1-4H3. The number of esters is 1. The van der Waals surface area contributed by atoms with Crippen molar-refractivity contribution in [1.29, 1.82) is 0 Å². The summed E-state index contributed by atoms with van der Waals surface area (Å²) >= 11 is 0. The second-order valence-corrected chi connectivity index (χ2v) is 3.87. The molecule has 0 aliphatic rings. The van der Waals surface area contributed by atoms with Crippen LogP contribution in [0.2, 0.25) is 0 Å². The SMILES string of the molecule is CCCOC(OCCC)(OCCC)OC(=O)CC. The van der Waals surface area contributed by atoms with Crippen molar-refractivity contribution in [3.8, 4) is 0 Å². The molecule has 0 N–H and O–H groups in total. The van der Waals surface area contributed by atoms with E-state index in [-0.39, 0.29) is 6.42 Å². The second kappa shape index (κ2) is 10.3. The van der Waals surface area contributed by atoms with Crippen LogP contribution in [0.1, 0.15) is 53.4 Å². The predicted octanol–water partition coefficient (Wildman–Crippen LogP) is 2.83. The van der Waals surface area contributed by atoms with E-state index in [9.17, 15) is 4.79 Å². The van der Waals surface area contributed by atoms with Crippen LogP contribution >= 0.6 is 0 Å². The van der Waals surface area contributed by atoms with Crippen LogP contribution in [-0.2, 0) is 23.7 Å². The van der Waals surface area contributed by atoms with Crippen molar-refractivity contribution in [2.75, 3.05) is 19.8 Å². The molecule has 0 amide bonds. The molecule has 0 aliphatic heterocycles. The number of carbonyl (C=O) groups excluding carboxylic acids is 1. The van der Waals surface area contributed by atoms with E-state index in [0.29, 0.717) is 19.8 Å². The van der Waals surface area contributed by atoms with Crippen molar-refractivity contribution in [2.45, 2.75) is 59.5 Å². The van der Waals surface area contributed by atoms with Crippen molar-refractivity contribution >= 4 is 5.97 Å². The fourth-order valence-electron chi connectivity index (χ4n) is 1.11. The van der Waals surface area contributed by atoms with Gasteiger partial charge >= 0.3 is 12.1 Å². The molecule has 0 aromatic heterocycles. The molecule has 0 saturated heterocycles. The summed E-state index contributed by atoms with van der Waals surface area (Å²) in [5.74, 6) is -0.404. The minimum atomic E-state index is -1.67. The van der Waals surface area contributed by atoms with Crippen LogP contribution in [0.25, 0.3) is 0 Å². The van der Waals surface area contributed by atoms with Crippen LogP contribution in [0.3, 0.4) is 0 Å².